The van der Waals surface area contributed by atoms with Crippen LogP contribution in [0.25, 0.3) is 88.1 Å². The summed E-state index contributed by atoms with van der Waals surface area (Å²) < 4.78 is 12.0. The van der Waals surface area contributed by atoms with Crippen molar-refractivity contribution in [1.82, 2.24) is 9.13 Å². The Kier molecular flexibility index (Phi) is 6.37. The minimum atomic E-state index is -0.524. The number of fused-ring (bicyclic) bond motifs is 15. The van der Waals surface area contributed by atoms with Crippen molar-refractivity contribution in [1.29, 1.82) is 0 Å². The molecule has 3 heteroatoms. The van der Waals surface area contributed by atoms with Gasteiger partial charge in [-0.25, -0.2) is 0 Å². The summed E-state index contributed by atoms with van der Waals surface area (Å²) in [6.45, 7) is 0. The number of para-hydroxylation sites is 4. The Hall–Kier alpha value is -7.62. The van der Waals surface area contributed by atoms with E-state index in [-0.39, 0.29) is 0 Å². The summed E-state index contributed by atoms with van der Waals surface area (Å²) in [7, 11) is 0. The molecule has 3 aromatic heterocycles. The number of hydrogen-bond donors (Lipinski definition) is 0. The minimum Gasteiger partial charge on any atom is -0.455 e. The van der Waals surface area contributed by atoms with E-state index < -0.39 is 5.41 Å². The lowest BCUT2D eigenvalue weighted by Gasteiger charge is -2.34. The molecule has 0 saturated carbocycles. The van der Waals surface area contributed by atoms with E-state index in [4.69, 9.17) is 4.42 Å². The largest absolute Gasteiger partial charge is 0.455 e. The Morgan fingerprint density at radius 1 is 0.362 bits per heavy atom. The van der Waals surface area contributed by atoms with Crippen molar-refractivity contribution in [3.63, 3.8) is 0 Å². The van der Waals surface area contributed by atoms with E-state index in [0.717, 1.165) is 60.6 Å². The van der Waals surface area contributed by atoms with Gasteiger partial charge < -0.3 is 13.6 Å². The fourth-order valence-electron chi connectivity index (χ4n) is 10.6. The van der Waals surface area contributed by atoms with Gasteiger partial charge in [-0.3, -0.25) is 0 Å². The molecule has 0 N–H and O–H groups in total. The first-order chi connectivity index (χ1) is 28.8. The number of aromatic nitrogens is 2. The summed E-state index contributed by atoms with van der Waals surface area (Å²) in [6.07, 6.45) is 0. The van der Waals surface area contributed by atoms with Crippen molar-refractivity contribution in [3.8, 4) is 22.5 Å². The van der Waals surface area contributed by atoms with Gasteiger partial charge in [0.05, 0.1) is 32.9 Å². The maximum absolute atomic E-state index is 7.04. The van der Waals surface area contributed by atoms with Crippen molar-refractivity contribution in [2.24, 2.45) is 0 Å². The van der Waals surface area contributed by atoms with Gasteiger partial charge in [0.1, 0.15) is 11.2 Å². The van der Waals surface area contributed by atoms with Gasteiger partial charge in [-0.2, -0.15) is 0 Å². The predicted molar refractivity (Wildman–Crippen MR) is 240 cm³/mol. The van der Waals surface area contributed by atoms with Crippen LogP contribution >= 0.6 is 0 Å². The number of benzene rings is 9. The normalized spacial score (nSPS) is 13.3. The smallest absolute Gasteiger partial charge is 0.146 e. The molecule has 0 bridgehead atoms. The van der Waals surface area contributed by atoms with Gasteiger partial charge in [0.2, 0.25) is 0 Å². The van der Waals surface area contributed by atoms with Crippen LogP contribution in [0.15, 0.2) is 211 Å². The number of rotatable bonds is 4. The molecule has 12 aromatic rings. The summed E-state index contributed by atoms with van der Waals surface area (Å²) >= 11 is 0. The number of hydrogen-bond acceptors (Lipinski definition) is 1. The summed E-state index contributed by atoms with van der Waals surface area (Å²) in [6, 6.07) is 75.4. The summed E-state index contributed by atoms with van der Waals surface area (Å²) in [4.78, 5) is 0. The van der Waals surface area contributed by atoms with Crippen LogP contribution in [0.5, 0.6) is 0 Å². The second kappa shape index (κ2) is 11.7. The monoisotopic (exact) mass is 738 g/mol. The van der Waals surface area contributed by atoms with Crippen molar-refractivity contribution in [2.75, 3.05) is 0 Å². The Morgan fingerprint density at radius 3 is 1.59 bits per heavy atom. The first-order valence-corrected chi connectivity index (χ1v) is 20.0. The van der Waals surface area contributed by atoms with Crippen molar-refractivity contribution >= 4 is 65.6 Å². The predicted octanol–water partition coefficient (Wildman–Crippen LogP) is 14.1. The van der Waals surface area contributed by atoms with E-state index >= 15 is 0 Å². The van der Waals surface area contributed by atoms with E-state index in [1.807, 2.05) is 0 Å². The maximum atomic E-state index is 7.04. The average Bonchev–Trinajstić information content (AvgIpc) is 4.03. The van der Waals surface area contributed by atoms with Crippen LogP contribution in [0.1, 0.15) is 22.3 Å². The summed E-state index contributed by atoms with van der Waals surface area (Å²) in [5.74, 6) is 0. The SMILES string of the molecule is c1ccc(-n2c3ccccc3c3c4c5ccccc5oc4c4c5ccccc5n(-c5ccc6c(c5)C(c5ccccc5)(c5ccccc5)c5ccccc5-6)c4c32)cc1. The first kappa shape index (κ1) is 31.6. The lowest BCUT2D eigenvalue weighted by Crippen LogP contribution is -2.28. The molecule has 270 valence electrons. The zero-order chi connectivity index (χ0) is 38.0. The van der Waals surface area contributed by atoms with E-state index in [0.29, 0.717) is 0 Å². The van der Waals surface area contributed by atoms with Crippen LogP contribution in [-0.2, 0) is 5.41 Å². The standard InChI is InChI=1S/C55H34N2O/c1-4-18-35(19-5-1)55(36-20-6-2-7-21-36)44-28-14-10-24-39(44)40-33-32-38(34-45(40)55)57-47-30-16-12-26-42(47)51-53(57)52-49(50-43-27-13-17-31-48(43)58-54(50)51)41-25-11-15-29-46(41)56(52)37-22-8-3-9-23-37/h1-34H. The molecule has 0 radical (unpaired) electrons. The Balaban J connectivity index is 1.26. The highest BCUT2D eigenvalue weighted by molar-refractivity contribution is 6.39. The molecule has 13 rings (SSSR count). The van der Waals surface area contributed by atoms with Gasteiger partial charge in [-0.1, -0.05) is 164 Å². The van der Waals surface area contributed by atoms with Gasteiger partial charge >= 0.3 is 0 Å². The summed E-state index contributed by atoms with van der Waals surface area (Å²) in [5, 5.41) is 6.97. The van der Waals surface area contributed by atoms with Gasteiger partial charge in [0.15, 0.2) is 0 Å². The summed E-state index contributed by atoms with van der Waals surface area (Å²) in [5.41, 5.74) is 15.7. The molecule has 0 saturated heterocycles. The molecule has 0 amide bonds. The fourth-order valence-corrected chi connectivity index (χ4v) is 10.6. The Morgan fingerprint density at radius 2 is 0.879 bits per heavy atom. The van der Waals surface area contributed by atoms with Gasteiger partial charge in [-0.15, -0.1) is 0 Å². The van der Waals surface area contributed by atoms with Gasteiger partial charge in [0, 0.05) is 38.3 Å². The van der Waals surface area contributed by atoms with Crippen LogP contribution in [-0.4, -0.2) is 9.13 Å². The molecule has 0 fully saturated rings. The first-order valence-electron chi connectivity index (χ1n) is 20.0. The molecule has 0 spiro atoms. The molecule has 0 aliphatic heterocycles. The lowest BCUT2D eigenvalue weighted by molar-refractivity contribution is 0.673. The van der Waals surface area contributed by atoms with Crippen molar-refractivity contribution < 1.29 is 4.42 Å². The fraction of sp³-hybridized carbons (Fsp3) is 0.0182. The van der Waals surface area contributed by atoms with Crippen LogP contribution in [0, 0.1) is 0 Å². The Bertz CT molecular complexity index is 3570. The van der Waals surface area contributed by atoms with E-state index in [1.165, 1.54) is 49.7 Å². The quantitative estimate of drug-likeness (QED) is 0.176. The topological polar surface area (TPSA) is 23.0 Å². The van der Waals surface area contributed by atoms with E-state index in [1.54, 1.807) is 0 Å². The molecular weight excluding hydrogens is 705 g/mol. The maximum Gasteiger partial charge on any atom is 0.146 e. The molecule has 3 nitrogen and oxygen atoms in total. The van der Waals surface area contributed by atoms with E-state index in [2.05, 4.69) is 215 Å². The highest BCUT2D eigenvalue weighted by atomic mass is 16.3. The van der Waals surface area contributed by atoms with Gasteiger partial charge in [0.25, 0.3) is 0 Å². The average molecular weight is 739 g/mol. The lowest BCUT2D eigenvalue weighted by atomic mass is 9.67. The zero-order valence-corrected chi connectivity index (χ0v) is 31.4. The third kappa shape index (κ3) is 3.97. The highest BCUT2D eigenvalue weighted by Crippen LogP contribution is 2.57. The van der Waals surface area contributed by atoms with Crippen molar-refractivity contribution in [3.05, 3.63) is 229 Å². The van der Waals surface area contributed by atoms with Crippen LogP contribution in [0.3, 0.4) is 0 Å². The molecule has 0 unspecified atom stereocenters. The number of nitrogens with zero attached hydrogens (tertiary/aromatic N) is 2. The molecule has 1 aliphatic rings. The molecule has 9 aromatic carbocycles. The number of furan rings is 1. The second-order valence-electron chi connectivity index (χ2n) is 15.5. The van der Waals surface area contributed by atoms with E-state index in [9.17, 15) is 0 Å². The second-order valence-corrected chi connectivity index (χ2v) is 15.5. The van der Waals surface area contributed by atoms with Crippen LogP contribution in [0.2, 0.25) is 0 Å². The molecular formula is C55H34N2O. The molecule has 1 aliphatic carbocycles. The van der Waals surface area contributed by atoms with Crippen LogP contribution < -0.4 is 0 Å². The van der Waals surface area contributed by atoms with Crippen molar-refractivity contribution in [2.45, 2.75) is 5.41 Å². The Labute approximate surface area is 334 Å². The minimum absolute atomic E-state index is 0.524. The third-order valence-electron chi connectivity index (χ3n) is 12.8. The third-order valence-corrected chi connectivity index (χ3v) is 12.8. The molecule has 0 atom stereocenters. The highest BCUT2D eigenvalue weighted by Gasteiger charge is 2.46. The zero-order valence-electron chi connectivity index (χ0n) is 31.4. The van der Waals surface area contributed by atoms with Crippen LogP contribution in [0.4, 0.5) is 0 Å². The molecule has 3 heterocycles. The molecule has 58 heavy (non-hydrogen) atoms. The van der Waals surface area contributed by atoms with Gasteiger partial charge in [-0.05, 0) is 75.8 Å².